The van der Waals surface area contributed by atoms with E-state index in [1.165, 1.54) is 24.4 Å². The van der Waals surface area contributed by atoms with Crippen LogP contribution in [0.3, 0.4) is 0 Å². The summed E-state index contributed by atoms with van der Waals surface area (Å²) in [5, 5.41) is 20.0. The molecule has 29 heavy (non-hydrogen) atoms. The number of aromatic nitrogens is 1. The van der Waals surface area contributed by atoms with Gasteiger partial charge in [0, 0.05) is 11.8 Å². The molecule has 0 spiro atoms. The number of aromatic amines is 1. The normalized spacial score (nSPS) is 14.1. The Labute approximate surface area is 171 Å². The Balaban J connectivity index is 2.26. The lowest BCUT2D eigenvalue weighted by atomic mass is 9.94. The Morgan fingerprint density at radius 3 is 2.41 bits per heavy atom. The van der Waals surface area contributed by atoms with Gasteiger partial charge in [0.15, 0.2) is 5.78 Å². The average Bonchev–Trinajstić information content (AvgIpc) is 2.67. The Morgan fingerprint density at radius 2 is 1.79 bits per heavy atom. The molecule has 5 nitrogen and oxygen atoms in total. The molecule has 0 saturated heterocycles. The van der Waals surface area contributed by atoms with Crippen molar-refractivity contribution in [1.82, 2.24) is 4.98 Å². The number of phenolic OH excluding ortho intramolecular Hbond substituents is 1. The van der Waals surface area contributed by atoms with Crippen LogP contribution in [0.5, 0.6) is 11.5 Å². The molecule has 154 valence electrons. The summed E-state index contributed by atoms with van der Waals surface area (Å²) in [5.74, 6) is 0.173. The summed E-state index contributed by atoms with van der Waals surface area (Å²) in [7, 11) is 0. The second kappa shape index (κ2) is 9.92. The van der Waals surface area contributed by atoms with E-state index in [-0.39, 0.29) is 17.1 Å². The summed E-state index contributed by atoms with van der Waals surface area (Å²) >= 11 is 0. The second-order valence-corrected chi connectivity index (χ2v) is 7.64. The first kappa shape index (κ1) is 22.2. The first-order chi connectivity index (χ1) is 13.7. The number of H-pyrrole nitrogens is 1. The van der Waals surface area contributed by atoms with Gasteiger partial charge in [-0.25, -0.2) is 0 Å². The zero-order valence-electron chi connectivity index (χ0n) is 17.4. The van der Waals surface area contributed by atoms with Crippen LogP contribution in [0.15, 0.2) is 59.1 Å². The van der Waals surface area contributed by atoms with Crippen LogP contribution in [0.25, 0.3) is 11.1 Å². The van der Waals surface area contributed by atoms with Crippen molar-refractivity contribution in [1.29, 1.82) is 0 Å². The molecule has 0 bridgehead atoms. The van der Waals surface area contributed by atoms with E-state index in [0.29, 0.717) is 23.0 Å². The molecule has 1 heterocycles. The smallest absolute Gasteiger partial charge is 0.263 e. The van der Waals surface area contributed by atoms with E-state index >= 15 is 0 Å². The second-order valence-electron chi connectivity index (χ2n) is 7.64. The number of nitrogens with one attached hydrogen (secondary N) is 1. The van der Waals surface area contributed by atoms with Gasteiger partial charge >= 0.3 is 0 Å². The SMILES string of the molecule is CCC(C)CC(C)/C=C(C)/C=C/C(=O)c1c(O)c(-c2ccc(O)cc2)c[nH]c1=O. The number of pyridine rings is 1. The molecule has 0 saturated carbocycles. The van der Waals surface area contributed by atoms with E-state index in [1.807, 2.05) is 6.92 Å². The topological polar surface area (TPSA) is 90.4 Å². The summed E-state index contributed by atoms with van der Waals surface area (Å²) < 4.78 is 0. The van der Waals surface area contributed by atoms with E-state index in [4.69, 9.17) is 0 Å². The molecule has 0 aliphatic carbocycles. The molecule has 0 amide bonds. The van der Waals surface area contributed by atoms with Crippen molar-refractivity contribution < 1.29 is 15.0 Å². The highest BCUT2D eigenvalue weighted by molar-refractivity contribution is 6.07. The number of phenols is 1. The molecule has 0 aliphatic heterocycles. The molecule has 0 fully saturated rings. The maximum absolute atomic E-state index is 12.6. The fourth-order valence-electron chi connectivity index (χ4n) is 3.27. The summed E-state index contributed by atoms with van der Waals surface area (Å²) in [6.45, 7) is 8.44. The quantitative estimate of drug-likeness (QED) is 0.325. The van der Waals surface area contributed by atoms with Crippen molar-refractivity contribution in [3.63, 3.8) is 0 Å². The molecule has 0 radical (unpaired) electrons. The lowest BCUT2D eigenvalue weighted by molar-refractivity contribution is 0.104. The average molecular weight is 395 g/mol. The van der Waals surface area contributed by atoms with Crippen molar-refractivity contribution in [2.24, 2.45) is 11.8 Å². The minimum Gasteiger partial charge on any atom is -0.508 e. The van der Waals surface area contributed by atoms with Crippen LogP contribution in [-0.4, -0.2) is 21.0 Å². The van der Waals surface area contributed by atoms with Crippen molar-refractivity contribution in [2.75, 3.05) is 0 Å². The van der Waals surface area contributed by atoms with Crippen LogP contribution in [0.4, 0.5) is 0 Å². The number of carbonyl (C=O) groups excluding carboxylic acids is 1. The fraction of sp³-hybridized carbons (Fsp3) is 0.333. The maximum Gasteiger partial charge on any atom is 0.263 e. The predicted octanol–water partition coefficient (Wildman–Crippen LogP) is 5.21. The molecule has 5 heteroatoms. The summed E-state index contributed by atoms with van der Waals surface area (Å²) in [6, 6.07) is 6.13. The highest BCUT2D eigenvalue weighted by Gasteiger charge is 2.18. The number of rotatable bonds is 8. The number of aromatic hydroxyl groups is 2. The number of benzene rings is 1. The number of hydrogen-bond donors (Lipinski definition) is 3. The molecule has 1 aromatic heterocycles. The Hall–Kier alpha value is -3.08. The molecule has 2 rings (SSSR count). The van der Waals surface area contributed by atoms with Crippen LogP contribution >= 0.6 is 0 Å². The zero-order valence-corrected chi connectivity index (χ0v) is 17.4. The largest absolute Gasteiger partial charge is 0.508 e. The van der Waals surface area contributed by atoms with E-state index < -0.39 is 11.3 Å². The minimum atomic E-state index is -0.647. The Kier molecular flexibility index (Phi) is 7.59. The van der Waals surface area contributed by atoms with Crippen molar-refractivity contribution in [2.45, 2.75) is 40.5 Å². The summed E-state index contributed by atoms with van der Waals surface area (Å²) in [4.78, 5) is 27.3. The third kappa shape index (κ3) is 5.95. The maximum atomic E-state index is 12.6. The standard InChI is InChI=1S/C24H29NO4/c1-5-15(2)12-17(4)13-16(3)6-11-21(27)22-23(28)20(14-25-24(22)29)18-7-9-19(26)10-8-18/h6-11,13-15,17,26H,5,12H2,1-4H3,(H2,25,28,29)/b11-6+,16-13+. The molecule has 0 aliphatic rings. The van der Waals surface area contributed by atoms with Gasteiger partial charge in [0.05, 0.1) is 0 Å². The van der Waals surface area contributed by atoms with Crippen LogP contribution in [0.2, 0.25) is 0 Å². The van der Waals surface area contributed by atoms with Crippen molar-refractivity contribution >= 4 is 5.78 Å². The first-order valence-corrected chi connectivity index (χ1v) is 9.87. The van der Waals surface area contributed by atoms with Crippen LogP contribution in [0.1, 0.15) is 50.9 Å². The van der Waals surface area contributed by atoms with Gasteiger partial charge in [0.1, 0.15) is 17.1 Å². The van der Waals surface area contributed by atoms with Crippen LogP contribution in [0, 0.1) is 11.8 Å². The summed E-state index contributed by atoms with van der Waals surface area (Å²) in [6.07, 6.45) is 8.64. The third-order valence-corrected chi connectivity index (χ3v) is 5.01. The monoisotopic (exact) mass is 395 g/mol. The molecular formula is C24H29NO4. The van der Waals surface area contributed by atoms with Gasteiger partial charge in [-0.05, 0) is 49.0 Å². The van der Waals surface area contributed by atoms with E-state index in [2.05, 4.69) is 31.8 Å². The highest BCUT2D eigenvalue weighted by atomic mass is 16.3. The van der Waals surface area contributed by atoms with Gasteiger partial charge in [-0.15, -0.1) is 0 Å². The Morgan fingerprint density at radius 1 is 1.14 bits per heavy atom. The van der Waals surface area contributed by atoms with Gasteiger partial charge in [-0.2, -0.15) is 0 Å². The van der Waals surface area contributed by atoms with E-state index in [1.54, 1.807) is 18.2 Å². The molecule has 3 N–H and O–H groups in total. The van der Waals surface area contributed by atoms with E-state index in [0.717, 1.165) is 18.4 Å². The third-order valence-electron chi connectivity index (χ3n) is 5.01. The Bertz CT molecular complexity index is 967. The van der Waals surface area contributed by atoms with Crippen molar-refractivity contribution in [3.05, 3.63) is 70.2 Å². The van der Waals surface area contributed by atoms with Gasteiger partial charge in [0.25, 0.3) is 5.56 Å². The molecule has 2 atom stereocenters. The number of hydrogen-bond acceptors (Lipinski definition) is 4. The fourth-order valence-corrected chi connectivity index (χ4v) is 3.27. The number of carbonyl (C=O) groups is 1. The van der Waals surface area contributed by atoms with Crippen LogP contribution in [-0.2, 0) is 0 Å². The van der Waals surface area contributed by atoms with Gasteiger partial charge in [0.2, 0.25) is 0 Å². The van der Waals surface area contributed by atoms with Crippen LogP contribution < -0.4 is 5.56 Å². The van der Waals surface area contributed by atoms with E-state index in [9.17, 15) is 19.8 Å². The lowest BCUT2D eigenvalue weighted by Gasteiger charge is -2.12. The van der Waals surface area contributed by atoms with Gasteiger partial charge < -0.3 is 15.2 Å². The molecular weight excluding hydrogens is 366 g/mol. The highest BCUT2D eigenvalue weighted by Crippen LogP contribution is 2.31. The van der Waals surface area contributed by atoms with Gasteiger partial charge in [-0.1, -0.05) is 57.0 Å². The minimum absolute atomic E-state index is 0.0849. The zero-order chi connectivity index (χ0) is 21.6. The van der Waals surface area contributed by atoms with Crippen molar-refractivity contribution in [3.8, 4) is 22.6 Å². The van der Waals surface area contributed by atoms with Gasteiger partial charge in [-0.3, -0.25) is 9.59 Å². The number of ketones is 1. The summed E-state index contributed by atoms with van der Waals surface area (Å²) in [5.41, 5.74) is 0.874. The molecule has 2 aromatic rings. The molecule has 1 aromatic carbocycles. The molecule has 2 unspecified atom stereocenters. The lowest BCUT2D eigenvalue weighted by Crippen LogP contribution is -2.16. The first-order valence-electron chi connectivity index (χ1n) is 9.87. The predicted molar refractivity (Wildman–Crippen MR) is 116 cm³/mol. The number of allylic oxidation sites excluding steroid dienone is 4.